The highest BCUT2D eigenvalue weighted by Gasteiger charge is 2.15. The van der Waals surface area contributed by atoms with E-state index in [1.54, 1.807) is 24.4 Å². The van der Waals surface area contributed by atoms with Gasteiger partial charge in [-0.1, -0.05) is 42.5 Å². The quantitative estimate of drug-likeness (QED) is 0.704. The number of rotatable bonds is 6. The molecule has 3 aromatic rings. The molecule has 0 saturated heterocycles. The Morgan fingerprint density at radius 2 is 1.88 bits per heavy atom. The number of nitrogens with one attached hydrogen (secondary N) is 2. The zero-order valence-corrected chi connectivity index (χ0v) is 14.4. The number of hydrogen-bond acceptors (Lipinski definition) is 3. The first kappa shape index (κ1) is 17.6. The maximum Gasteiger partial charge on any atom is 0.255 e. The summed E-state index contributed by atoms with van der Waals surface area (Å²) in [7, 11) is 0. The number of hydrogen-bond donors (Lipinski definition) is 2. The lowest BCUT2D eigenvalue weighted by atomic mass is 10.1. The zero-order chi connectivity index (χ0) is 18.4. The molecule has 1 radical (unpaired) electrons. The van der Waals surface area contributed by atoms with E-state index in [9.17, 15) is 9.18 Å². The Morgan fingerprint density at radius 3 is 2.62 bits per heavy atom. The number of anilines is 1. The largest absolute Gasteiger partial charge is 0.363 e. The summed E-state index contributed by atoms with van der Waals surface area (Å²) >= 11 is 0. The number of nitrogens with zero attached hydrogens (tertiary/aromatic N) is 1. The second-order valence-corrected chi connectivity index (χ2v) is 5.90. The number of amides is 1. The molecule has 0 fully saturated rings. The Morgan fingerprint density at radius 1 is 1.15 bits per heavy atom. The maximum absolute atomic E-state index is 13.0. The smallest absolute Gasteiger partial charge is 0.255 e. The first-order valence-electron chi connectivity index (χ1n) is 8.34. The van der Waals surface area contributed by atoms with E-state index in [0.717, 1.165) is 11.1 Å². The van der Waals surface area contributed by atoms with Gasteiger partial charge in [-0.15, -0.1) is 0 Å². The average Bonchev–Trinajstić information content (AvgIpc) is 2.68. The molecule has 131 valence electrons. The summed E-state index contributed by atoms with van der Waals surface area (Å²) in [5.74, 6) is -0.118. The third-order valence-corrected chi connectivity index (χ3v) is 3.99. The third kappa shape index (κ3) is 4.45. The topological polar surface area (TPSA) is 54.0 Å². The Kier molecular flexibility index (Phi) is 5.59. The van der Waals surface area contributed by atoms with Crippen LogP contribution in [0.2, 0.25) is 0 Å². The molecule has 5 heteroatoms. The first-order chi connectivity index (χ1) is 12.6. The van der Waals surface area contributed by atoms with Gasteiger partial charge in [-0.25, -0.2) is 9.37 Å². The molecular weight excluding hydrogens is 329 g/mol. The fraction of sp³-hybridized carbons (Fsp3) is 0.143. The molecule has 1 atom stereocenters. The lowest BCUT2D eigenvalue weighted by Crippen LogP contribution is -2.24. The predicted molar refractivity (Wildman–Crippen MR) is 99.1 cm³/mol. The van der Waals surface area contributed by atoms with Gasteiger partial charge in [0.15, 0.2) is 0 Å². The highest BCUT2D eigenvalue weighted by molar-refractivity contribution is 5.98. The highest BCUT2D eigenvalue weighted by Crippen LogP contribution is 2.20. The van der Waals surface area contributed by atoms with Crippen molar-refractivity contribution in [3.05, 3.63) is 95.4 Å². The zero-order valence-electron chi connectivity index (χ0n) is 14.4. The van der Waals surface area contributed by atoms with Crippen molar-refractivity contribution in [3.63, 3.8) is 0 Å². The van der Waals surface area contributed by atoms with Crippen LogP contribution in [0.15, 0.2) is 66.9 Å². The van der Waals surface area contributed by atoms with E-state index in [-0.39, 0.29) is 17.8 Å². The van der Waals surface area contributed by atoms with Crippen molar-refractivity contribution in [3.8, 4) is 0 Å². The second kappa shape index (κ2) is 8.25. The number of carbonyl (C=O) groups excluding carboxylic acids is 1. The van der Waals surface area contributed by atoms with Crippen LogP contribution in [0, 0.1) is 11.9 Å². The van der Waals surface area contributed by atoms with Gasteiger partial charge in [-0.3, -0.25) is 4.79 Å². The lowest BCUT2D eigenvalue weighted by molar-refractivity contribution is 0.0951. The monoisotopic (exact) mass is 348 g/mol. The van der Waals surface area contributed by atoms with Crippen LogP contribution in [0.4, 0.5) is 10.2 Å². The number of benzene rings is 2. The van der Waals surface area contributed by atoms with E-state index in [4.69, 9.17) is 0 Å². The third-order valence-electron chi connectivity index (χ3n) is 3.99. The van der Waals surface area contributed by atoms with Gasteiger partial charge in [0, 0.05) is 24.8 Å². The fourth-order valence-corrected chi connectivity index (χ4v) is 2.55. The van der Waals surface area contributed by atoms with Crippen LogP contribution >= 0.6 is 0 Å². The Labute approximate surface area is 152 Å². The van der Waals surface area contributed by atoms with E-state index in [1.807, 2.05) is 37.3 Å². The van der Waals surface area contributed by atoms with Gasteiger partial charge in [0.05, 0.1) is 5.56 Å². The molecule has 1 heterocycles. The minimum absolute atomic E-state index is 0.0110. The van der Waals surface area contributed by atoms with Crippen molar-refractivity contribution in [2.75, 3.05) is 5.32 Å². The van der Waals surface area contributed by atoms with Crippen molar-refractivity contribution < 1.29 is 9.18 Å². The van der Waals surface area contributed by atoms with Crippen LogP contribution in [-0.2, 0) is 6.54 Å². The van der Waals surface area contributed by atoms with Gasteiger partial charge in [0.1, 0.15) is 11.6 Å². The number of pyridine rings is 1. The van der Waals surface area contributed by atoms with Crippen molar-refractivity contribution in [2.45, 2.75) is 19.5 Å². The Balaban J connectivity index is 1.69. The molecule has 1 aromatic heterocycles. The number of halogens is 1. The summed E-state index contributed by atoms with van der Waals surface area (Å²) in [5, 5.41) is 6.08. The fourth-order valence-electron chi connectivity index (χ4n) is 2.55. The predicted octanol–water partition coefficient (Wildman–Crippen LogP) is 4.12. The summed E-state index contributed by atoms with van der Waals surface area (Å²) in [6, 6.07) is 20.5. The van der Waals surface area contributed by atoms with E-state index >= 15 is 0 Å². The van der Waals surface area contributed by atoms with Gasteiger partial charge in [0.25, 0.3) is 5.91 Å². The highest BCUT2D eigenvalue weighted by atomic mass is 19.1. The molecule has 0 saturated carbocycles. The molecule has 26 heavy (non-hydrogen) atoms. The van der Waals surface area contributed by atoms with Crippen LogP contribution in [0.3, 0.4) is 0 Å². The molecule has 0 bridgehead atoms. The van der Waals surface area contributed by atoms with Crippen molar-refractivity contribution >= 4 is 11.7 Å². The molecule has 4 nitrogen and oxygen atoms in total. The van der Waals surface area contributed by atoms with E-state index < -0.39 is 0 Å². The second-order valence-electron chi connectivity index (χ2n) is 5.90. The molecule has 0 aliphatic rings. The standard InChI is InChI=1S/C21H19FN3O/c1-15(17-6-3-2-4-7-17)25-20-19(8-5-13-23-20)21(26)24-14-16-9-11-18(22)12-10-16/h2-7,9-13,15H,14H2,1H3,(H,23,25)(H,24,26)/t15-/m0/s1. The van der Waals surface area contributed by atoms with E-state index in [0.29, 0.717) is 17.9 Å². The molecule has 0 unspecified atom stereocenters. The minimum atomic E-state index is -0.304. The molecule has 3 rings (SSSR count). The lowest BCUT2D eigenvalue weighted by Gasteiger charge is -2.17. The molecule has 2 aromatic carbocycles. The van der Waals surface area contributed by atoms with Crippen LogP contribution in [0.5, 0.6) is 0 Å². The SMILES string of the molecule is C[C@H](Nc1ncc[c]c1C(=O)NCc1ccc(F)cc1)c1ccccc1. The van der Waals surface area contributed by atoms with Crippen LogP contribution < -0.4 is 10.6 Å². The summed E-state index contributed by atoms with van der Waals surface area (Å²) in [6.45, 7) is 2.31. The molecule has 1 amide bonds. The summed E-state index contributed by atoms with van der Waals surface area (Å²) < 4.78 is 13.0. The minimum Gasteiger partial charge on any atom is -0.363 e. The summed E-state index contributed by atoms with van der Waals surface area (Å²) in [6.07, 6.45) is 1.59. The number of aromatic nitrogens is 1. The van der Waals surface area contributed by atoms with Crippen LogP contribution in [0.1, 0.15) is 34.5 Å². The molecular formula is C21H19FN3O. The first-order valence-corrected chi connectivity index (χ1v) is 8.34. The summed E-state index contributed by atoms with van der Waals surface area (Å²) in [5.41, 5.74) is 2.25. The van der Waals surface area contributed by atoms with Crippen LogP contribution in [-0.4, -0.2) is 10.9 Å². The van der Waals surface area contributed by atoms with Crippen molar-refractivity contribution in [1.82, 2.24) is 10.3 Å². The van der Waals surface area contributed by atoms with Gasteiger partial charge < -0.3 is 10.6 Å². The van der Waals surface area contributed by atoms with Gasteiger partial charge in [0.2, 0.25) is 0 Å². The average molecular weight is 348 g/mol. The van der Waals surface area contributed by atoms with Crippen molar-refractivity contribution in [1.29, 1.82) is 0 Å². The summed E-state index contributed by atoms with van der Waals surface area (Å²) in [4.78, 5) is 16.8. The van der Waals surface area contributed by atoms with E-state index in [2.05, 4.69) is 21.7 Å². The van der Waals surface area contributed by atoms with E-state index in [1.165, 1.54) is 12.1 Å². The van der Waals surface area contributed by atoms with Gasteiger partial charge in [-0.2, -0.15) is 0 Å². The normalized spacial score (nSPS) is 11.6. The van der Waals surface area contributed by atoms with Crippen LogP contribution in [0.25, 0.3) is 0 Å². The molecule has 2 N–H and O–H groups in total. The maximum atomic E-state index is 13.0. The van der Waals surface area contributed by atoms with Gasteiger partial charge in [-0.05, 0) is 36.2 Å². The molecule has 0 aliphatic carbocycles. The molecule has 0 spiro atoms. The Bertz CT molecular complexity index is 866. The number of carbonyl (C=O) groups is 1. The van der Waals surface area contributed by atoms with Gasteiger partial charge >= 0.3 is 0 Å². The van der Waals surface area contributed by atoms with Crippen molar-refractivity contribution in [2.24, 2.45) is 0 Å². The Hall–Kier alpha value is -3.21. The molecule has 0 aliphatic heterocycles.